The lowest BCUT2D eigenvalue weighted by atomic mass is 10.3. The summed E-state index contributed by atoms with van der Waals surface area (Å²) < 4.78 is 2.12. The molecule has 0 aliphatic heterocycles. The highest BCUT2D eigenvalue weighted by atomic mass is 32.2. The van der Waals surface area contributed by atoms with Gasteiger partial charge < -0.3 is 9.67 Å². The first-order valence-electron chi connectivity index (χ1n) is 6.55. The molecule has 4 nitrogen and oxygen atoms in total. The maximum Gasteiger partial charge on any atom is 0.168 e. The van der Waals surface area contributed by atoms with Crippen LogP contribution in [0, 0.1) is 0 Å². The maximum atomic E-state index is 8.73. The van der Waals surface area contributed by atoms with Crippen molar-refractivity contribution in [2.45, 2.75) is 31.0 Å². The Morgan fingerprint density at radius 2 is 2.05 bits per heavy atom. The fraction of sp³-hybridized carbons (Fsp3) is 0.429. The van der Waals surface area contributed by atoms with Crippen LogP contribution in [0.4, 0.5) is 0 Å². The molecule has 0 aliphatic rings. The molecule has 0 saturated carbocycles. The number of thioether (sulfide) groups is 1. The summed E-state index contributed by atoms with van der Waals surface area (Å²) >= 11 is 1.77. The molecule has 0 saturated heterocycles. The number of aromatic nitrogens is 3. The van der Waals surface area contributed by atoms with Crippen molar-refractivity contribution < 1.29 is 5.11 Å². The van der Waals surface area contributed by atoms with Crippen LogP contribution in [-0.2, 0) is 6.54 Å². The Bertz CT molecular complexity index is 473. The number of imidazole rings is 1. The first-order valence-corrected chi connectivity index (χ1v) is 7.53. The third-order valence-corrected chi connectivity index (χ3v) is 3.86. The number of hydrogen-bond acceptors (Lipinski definition) is 4. The van der Waals surface area contributed by atoms with E-state index in [2.05, 4.69) is 14.5 Å². The Kier molecular flexibility index (Phi) is 5.91. The molecule has 2 heterocycles. The van der Waals surface area contributed by atoms with Gasteiger partial charge in [-0.3, -0.25) is 4.98 Å². The summed E-state index contributed by atoms with van der Waals surface area (Å²) in [6, 6.07) is 5.95. The Morgan fingerprint density at radius 1 is 1.11 bits per heavy atom. The topological polar surface area (TPSA) is 50.9 Å². The van der Waals surface area contributed by atoms with Crippen LogP contribution in [-0.4, -0.2) is 32.0 Å². The molecular formula is C14H19N3OS. The van der Waals surface area contributed by atoms with Crippen LogP contribution in [0.15, 0.2) is 41.9 Å². The molecule has 1 N–H and O–H groups in total. The average Bonchev–Trinajstić information content (AvgIpc) is 2.87. The quantitative estimate of drug-likeness (QED) is 0.595. The lowest BCUT2D eigenvalue weighted by Gasteiger charge is -2.06. The fourth-order valence-electron chi connectivity index (χ4n) is 1.78. The van der Waals surface area contributed by atoms with E-state index >= 15 is 0 Å². The number of pyridine rings is 1. The minimum atomic E-state index is 0.291. The minimum absolute atomic E-state index is 0.291. The summed E-state index contributed by atoms with van der Waals surface area (Å²) in [6.45, 7) is 1.05. The van der Waals surface area contributed by atoms with Gasteiger partial charge in [-0.15, -0.1) is 0 Å². The van der Waals surface area contributed by atoms with Gasteiger partial charge in [-0.05, 0) is 25.0 Å². The Labute approximate surface area is 117 Å². The smallest absolute Gasteiger partial charge is 0.168 e. The van der Waals surface area contributed by atoms with Crippen molar-refractivity contribution in [3.8, 4) is 0 Å². The molecule has 0 radical (unpaired) electrons. The Balaban J connectivity index is 1.84. The molecule has 0 spiro atoms. The normalized spacial score (nSPS) is 10.8. The average molecular weight is 277 g/mol. The Hall–Kier alpha value is -1.33. The van der Waals surface area contributed by atoms with Gasteiger partial charge in [-0.2, -0.15) is 0 Å². The second-order valence-electron chi connectivity index (χ2n) is 4.29. The molecular weight excluding hydrogens is 258 g/mol. The molecule has 102 valence electrons. The van der Waals surface area contributed by atoms with Gasteiger partial charge in [0.15, 0.2) is 5.16 Å². The molecule has 19 heavy (non-hydrogen) atoms. The molecule has 0 aromatic carbocycles. The lowest BCUT2D eigenvalue weighted by molar-refractivity contribution is 0.284. The van der Waals surface area contributed by atoms with Crippen LogP contribution in [0.5, 0.6) is 0 Å². The van der Waals surface area contributed by atoms with Crippen LogP contribution in [0.25, 0.3) is 0 Å². The molecule has 0 amide bonds. The van der Waals surface area contributed by atoms with Crippen molar-refractivity contribution in [2.75, 3.05) is 12.4 Å². The van der Waals surface area contributed by atoms with E-state index in [-0.39, 0.29) is 0 Å². The zero-order valence-electron chi connectivity index (χ0n) is 10.9. The molecule has 0 aliphatic carbocycles. The van der Waals surface area contributed by atoms with Crippen molar-refractivity contribution in [3.63, 3.8) is 0 Å². The van der Waals surface area contributed by atoms with E-state index in [1.54, 1.807) is 11.8 Å². The van der Waals surface area contributed by atoms with Gasteiger partial charge in [-0.1, -0.05) is 24.2 Å². The molecule has 0 unspecified atom stereocenters. The monoisotopic (exact) mass is 277 g/mol. The lowest BCUT2D eigenvalue weighted by Crippen LogP contribution is -2.02. The van der Waals surface area contributed by atoms with Gasteiger partial charge in [0.25, 0.3) is 0 Å². The van der Waals surface area contributed by atoms with E-state index < -0.39 is 0 Å². The molecule has 5 heteroatoms. The molecule has 0 bridgehead atoms. The van der Waals surface area contributed by atoms with Gasteiger partial charge in [-0.25, -0.2) is 4.98 Å². The van der Waals surface area contributed by atoms with Crippen LogP contribution in [0.2, 0.25) is 0 Å². The Morgan fingerprint density at radius 3 is 2.84 bits per heavy atom. The van der Waals surface area contributed by atoms with Crippen molar-refractivity contribution in [2.24, 2.45) is 0 Å². The highest BCUT2D eigenvalue weighted by molar-refractivity contribution is 7.99. The number of aliphatic hydroxyl groups is 1. The van der Waals surface area contributed by atoms with E-state index in [1.165, 1.54) is 0 Å². The molecule has 2 aromatic heterocycles. The summed E-state index contributed by atoms with van der Waals surface area (Å²) in [5.41, 5.74) is 1.04. The van der Waals surface area contributed by atoms with Crippen LogP contribution in [0.3, 0.4) is 0 Å². The predicted octanol–water partition coefficient (Wildman–Crippen LogP) is 2.58. The second kappa shape index (κ2) is 7.96. The highest BCUT2D eigenvalue weighted by Crippen LogP contribution is 2.18. The van der Waals surface area contributed by atoms with Crippen molar-refractivity contribution in [3.05, 3.63) is 42.5 Å². The SMILES string of the molecule is OCCCCCSc1nccn1Cc1ccccn1. The predicted molar refractivity (Wildman–Crippen MR) is 77.2 cm³/mol. The number of aliphatic hydroxyl groups excluding tert-OH is 1. The summed E-state index contributed by atoms with van der Waals surface area (Å²) in [6.07, 6.45) is 8.72. The first kappa shape index (κ1) is 14.1. The number of unbranched alkanes of at least 4 members (excludes halogenated alkanes) is 2. The zero-order chi connectivity index (χ0) is 13.3. The van der Waals surface area contributed by atoms with Crippen LogP contribution >= 0.6 is 11.8 Å². The number of rotatable bonds is 8. The van der Waals surface area contributed by atoms with E-state index in [0.29, 0.717) is 6.61 Å². The second-order valence-corrected chi connectivity index (χ2v) is 5.35. The van der Waals surface area contributed by atoms with Gasteiger partial charge >= 0.3 is 0 Å². The van der Waals surface area contributed by atoms with Crippen LogP contribution in [0.1, 0.15) is 25.0 Å². The van der Waals surface area contributed by atoms with Gasteiger partial charge in [0.1, 0.15) is 0 Å². The van der Waals surface area contributed by atoms with Gasteiger partial charge in [0.05, 0.1) is 12.2 Å². The first-order chi connectivity index (χ1) is 9.40. The van der Waals surface area contributed by atoms with E-state index in [4.69, 9.17) is 5.11 Å². The maximum absolute atomic E-state index is 8.73. The summed E-state index contributed by atoms with van der Waals surface area (Å²) in [4.78, 5) is 8.71. The zero-order valence-corrected chi connectivity index (χ0v) is 11.7. The van der Waals surface area contributed by atoms with Crippen molar-refractivity contribution in [1.82, 2.24) is 14.5 Å². The molecule has 2 rings (SSSR count). The third-order valence-electron chi connectivity index (χ3n) is 2.77. The van der Waals surface area contributed by atoms with Gasteiger partial charge in [0, 0.05) is 31.0 Å². The summed E-state index contributed by atoms with van der Waals surface area (Å²) in [7, 11) is 0. The van der Waals surface area contributed by atoms with Crippen molar-refractivity contribution >= 4 is 11.8 Å². The summed E-state index contributed by atoms with van der Waals surface area (Å²) in [5.74, 6) is 1.04. The van der Waals surface area contributed by atoms with Crippen molar-refractivity contribution in [1.29, 1.82) is 0 Å². The number of nitrogens with zero attached hydrogens (tertiary/aromatic N) is 3. The fourth-order valence-corrected chi connectivity index (χ4v) is 2.73. The molecule has 2 aromatic rings. The molecule has 0 fully saturated rings. The standard InChI is InChI=1S/C14H19N3OS/c18-10-4-1-5-11-19-14-16-8-9-17(14)12-13-6-2-3-7-15-13/h2-3,6-9,18H,1,4-5,10-12H2. The van der Waals surface area contributed by atoms with E-state index in [9.17, 15) is 0 Å². The van der Waals surface area contributed by atoms with Gasteiger partial charge in [0.2, 0.25) is 0 Å². The van der Waals surface area contributed by atoms with Crippen LogP contribution < -0.4 is 0 Å². The largest absolute Gasteiger partial charge is 0.396 e. The molecule has 0 atom stereocenters. The third kappa shape index (κ3) is 4.69. The van der Waals surface area contributed by atoms with E-state index in [0.717, 1.165) is 42.4 Å². The van der Waals surface area contributed by atoms with E-state index in [1.807, 2.05) is 36.8 Å². The highest BCUT2D eigenvalue weighted by Gasteiger charge is 2.04. The minimum Gasteiger partial charge on any atom is -0.396 e. The number of hydrogen-bond donors (Lipinski definition) is 1. The summed E-state index contributed by atoms with van der Waals surface area (Å²) in [5, 5.41) is 9.76.